The summed E-state index contributed by atoms with van der Waals surface area (Å²) in [7, 11) is 0. The predicted octanol–water partition coefficient (Wildman–Crippen LogP) is 5.09. The average molecular weight is 487 g/mol. The summed E-state index contributed by atoms with van der Waals surface area (Å²) in [5.74, 6) is -1.90. The largest absolute Gasteiger partial charge is 0.425 e. The minimum Gasteiger partial charge on any atom is -0.336 e. The van der Waals surface area contributed by atoms with E-state index in [0.29, 0.717) is 15.8 Å². The number of carbonyl (C=O) groups excluding carboxylic acids is 2. The van der Waals surface area contributed by atoms with Crippen LogP contribution in [0.15, 0.2) is 60.1 Å². The number of para-hydroxylation sites is 1. The molecule has 0 unspecified atom stereocenters. The minimum atomic E-state index is -5.08. The molecule has 1 aliphatic carbocycles. The molecule has 1 atom stereocenters. The summed E-state index contributed by atoms with van der Waals surface area (Å²) in [5, 5.41) is 2.33. The van der Waals surface area contributed by atoms with Crippen molar-refractivity contribution in [3.05, 3.63) is 65.6 Å². The first-order valence-corrected chi connectivity index (χ1v) is 11.5. The zero-order valence-electron chi connectivity index (χ0n) is 18.4. The number of hydrogen-bond donors (Lipinski definition) is 1. The Bertz CT molecular complexity index is 1300. The van der Waals surface area contributed by atoms with E-state index < -0.39 is 34.4 Å². The Kier molecular flexibility index (Phi) is 5.05. The lowest BCUT2D eigenvalue weighted by molar-refractivity contribution is -0.181. The molecule has 0 radical (unpaired) electrons. The number of benzene rings is 1. The second kappa shape index (κ2) is 7.63. The van der Waals surface area contributed by atoms with Crippen LogP contribution in [0.1, 0.15) is 32.3 Å². The highest BCUT2D eigenvalue weighted by Crippen LogP contribution is 2.53. The molecule has 3 aromatic rings. The number of allylic oxidation sites excluding steroid dienone is 1. The van der Waals surface area contributed by atoms with E-state index in [1.807, 2.05) is 13.8 Å². The van der Waals surface area contributed by atoms with E-state index in [2.05, 4.69) is 15.3 Å². The summed E-state index contributed by atoms with van der Waals surface area (Å²) in [6.45, 7) is 3.51. The topological polar surface area (TPSA) is 75.2 Å². The molecule has 176 valence electrons. The van der Waals surface area contributed by atoms with Crippen molar-refractivity contribution in [1.82, 2.24) is 14.9 Å². The lowest BCUT2D eigenvalue weighted by atomic mass is 9.72. The molecule has 0 fully saturated rings. The van der Waals surface area contributed by atoms with Gasteiger partial charge in [0, 0.05) is 24.5 Å². The molecule has 6 nitrogen and oxygen atoms in total. The number of Topliss-reactive ketones (excluding diaryl/α,β-unsaturated/α-hetero) is 1. The number of halogens is 3. The monoisotopic (exact) mass is 486 g/mol. The second-order valence-corrected chi connectivity index (χ2v) is 10.4. The van der Waals surface area contributed by atoms with Crippen LogP contribution in [-0.2, 0) is 16.1 Å². The zero-order valence-corrected chi connectivity index (χ0v) is 19.3. The highest BCUT2D eigenvalue weighted by atomic mass is 32.1. The summed E-state index contributed by atoms with van der Waals surface area (Å²) in [6.07, 6.45) is -1.96. The molecule has 0 saturated heterocycles. The Morgan fingerprint density at radius 1 is 1.12 bits per heavy atom. The fourth-order valence-corrected chi connectivity index (χ4v) is 5.67. The van der Waals surface area contributed by atoms with Gasteiger partial charge in [0.2, 0.25) is 5.54 Å². The SMILES string of the molecule is CC1(C)CC(=O)C2=C(C1)N(Cc1cccnc1)C(=O)[C@@]2(Nc1nc2ccccc2s1)C(F)(F)F. The third-order valence-electron chi connectivity index (χ3n) is 6.20. The lowest BCUT2D eigenvalue weighted by Crippen LogP contribution is -2.60. The standard InChI is InChI=1S/C24H21F3N4O2S/c1-22(2)10-16-19(17(32)11-22)23(24(25,26)27,20(33)31(16)13-14-6-5-9-28-12-14)30-21-29-15-7-3-4-8-18(15)34-21/h3-9,12H,10-11,13H2,1-2H3,(H,29,30)/t23-/m1/s1. The summed E-state index contributed by atoms with van der Waals surface area (Å²) in [5.41, 5.74) is -3.12. The van der Waals surface area contributed by atoms with Gasteiger partial charge in [-0.1, -0.05) is 43.4 Å². The zero-order chi connectivity index (χ0) is 24.3. The number of ketones is 1. The van der Waals surface area contributed by atoms with E-state index in [-0.39, 0.29) is 30.2 Å². The summed E-state index contributed by atoms with van der Waals surface area (Å²) in [4.78, 5) is 36.3. The van der Waals surface area contributed by atoms with Crippen molar-refractivity contribution in [3.8, 4) is 0 Å². The van der Waals surface area contributed by atoms with Crippen LogP contribution >= 0.6 is 11.3 Å². The average Bonchev–Trinajstić information content (AvgIpc) is 3.26. The van der Waals surface area contributed by atoms with Crippen LogP contribution < -0.4 is 5.32 Å². The second-order valence-electron chi connectivity index (χ2n) is 9.37. The van der Waals surface area contributed by atoms with Crippen LogP contribution in [0, 0.1) is 5.41 Å². The van der Waals surface area contributed by atoms with Gasteiger partial charge >= 0.3 is 6.18 Å². The molecule has 5 rings (SSSR count). The maximum atomic E-state index is 14.9. The van der Waals surface area contributed by atoms with Crippen molar-refractivity contribution in [1.29, 1.82) is 0 Å². The van der Waals surface area contributed by atoms with Crippen LogP contribution in [0.25, 0.3) is 10.2 Å². The van der Waals surface area contributed by atoms with Gasteiger partial charge in [-0.25, -0.2) is 4.98 Å². The van der Waals surface area contributed by atoms with Gasteiger partial charge < -0.3 is 10.2 Å². The summed E-state index contributed by atoms with van der Waals surface area (Å²) >= 11 is 1.01. The fraction of sp³-hybridized carbons (Fsp3) is 0.333. The van der Waals surface area contributed by atoms with Gasteiger partial charge in [-0.05, 0) is 35.6 Å². The van der Waals surface area contributed by atoms with Crippen molar-refractivity contribution in [3.63, 3.8) is 0 Å². The maximum Gasteiger partial charge on any atom is 0.425 e. The number of nitrogens with one attached hydrogen (secondary N) is 1. The lowest BCUT2D eigenvalue weighted by Gasteiger charge is -2.35. The van der Waals surface area contributed by atoms with Gasteiger partial charge in [-0.2, -0.15) is 13.2 Å². The van der Waals surface area contributed by atoms with Gasteiger partial charge in [-0.15, -0.1) is 0 Å². The highest BCUT2D eigenvalue weighted by molar-refractivity contribution is 7.22. The Morgan fingerprint density at radius 3 is 2.56 bits per heavy atom. The van der Waals surface area contributed by atoms with E-state index in [4.69, 9.17) is 0 Å². The molecule has 1 aromatic carbocycles. The number of anilines is 1. The number of amides is 1. The molecular formula is C24H21F3N4O2S. The Labute approximate surface area is 197 Å². The van der Waals surface area contributed by atoms with Gasteiger partial charge in [-0.3, -0.25) is 14.6 Å². The number of thiazole rings is 1. The number of fused-ring (bicyclic) bond motifs is 1. The van der Waals surface area contributed by atoms with E-state index in [9.17, 15) is 22.8 Å². The number of rotatable bonds is 4. The van der Waals surface area contributed by atoms with Crippen LogP contribution in [0.5, 0.6) is 0 Å². The maximum absolute atomic E-state index is 14.9. The van der Waals surface area contributed by atoms with Gasteiger partial charge in [0.15, 0.2) is 10.9 Å². The third-order valence-corrected chi connectivity index (χ3v) is 7.15. The van der Waals surface area contributed by atoms with Crippen molar-refractivity contribution < 1.29 is 22.8 Å². The molecule has 0 saturated carbocycles. The fourth-order valence-electron chi connectivity index (χ4n) is 4.75. The van der Waals surface area contributed by atoms with Crippen LogP contribution in [-0.4, -0.2) is 38.3 Å². The number of carbonyl (C=O) groups is 2. The molecule has 10 heteroatoms. The number of alkyl halides is 3. The van der Waals surface area contributed by atoms with Crippen LogP contribution in [0.3, 0.4) is 0 Å². The first kappa shape index (κ1) is 22.5. The number of aromatic nitrogens is 2. The van der Waals surface area contributed by atoms with Gasteiger partial charge in [0.05, 0.1) is 22.3 Å². The number of pyridine rings is 1. The molecule has 2 aliphatic rings. The molecule has 1 N–H and O–H groups in total. The first-order chi connectivity index (χ1) is 16.0. The Balaban J connectivity index is 1.68. The molecule has 1 aliphatic heterocycles. The van der Waals surface area contributed by atoms with Crippen molar-refractivity contribution in [2.75, 3.05) is 5.32 Å². The summed E-state index contributed by atoms with van der Waals surface area (Å²) < 4.78 is 45.4. The molecule has 1 amide bonds. The smallest absolute Gasteiger partial charge is 0.336 e. The van der Waals surface area contributed by atoms with Crippen molar-refractivity contribution in [2.24, 2.45) is 5.41 Å². The minimum absolute atomic E-state index is 0.0698. The van der Waals surface area contributed by atoms with Crippen molar-refractivity contribution in [2.45, 2.75) is 44.9 Å². The molecule has 0 spiro atoms. The molecule has 34 heavy (non-hydrogen) atoms. The highest BCUT2D eigenvalue weighted by Gasteiger charge is 2.71. The van der Waals surface area contributed by atoms with E-state index in [1.54, 1.807) is 42.6 Å². The molecular weight excluding hydrogens is 465 g/mol. The number of hydrogen-bond acceptors (Lipinski definition) is 6. The third kappa shape index (κ3) is 3.48. The van der Waals surface area contributed by atoms with Gasteiger partial charge in [0.1, 0.15) is 0 Å². The Hall–Kier alpha value is -3.27. The van der Waals surface area contributed by atoms with E-state index >= 15 is 0 Å². The van der Waals surface area contributed by atoms with Gasteiger partial charge in [0.25, 0.3) is 5.91 Å². The van der Waals surface area contributed by atoms with Crippen LogP contribution in [0.2, 0.25) is 0 Å². The molecule has 0 bridgehead atoms. The Morgan fingerprint density at radius 2 is 1.88 bits per heavy atom. The van der Waals surface area contributed by atoms with Crippen LogP contribution in [0.4, 0.5) is 18.3 Å². The predicted molar refractivity (Wildman–Crippen MR) is 122 cm³/mol. The number of nitrogens with zero attached hydrogens (tertiary/aromatic N) is 3. The quantitative estimate of drug-likeness (QED) is 0.556. The van der Waals surface area contributed by atoms with E-state index in [0.717, 1.165) is 16.2 Å². The van der Waals surface area contributed by atoms with E-state index in [1.165, 1.54) is 6.20 Å². The molecule has 2 aromatic heterocycles. The molecule has 3 heterocycles. The first-order valence-electron chi connectivity index (χ1n) is 10.7. The summed E-state index contributed by atoms with van der Waals surface area (Å²) in [6, 6.07) is 10.2. The van der Waals surface area contributed by atoms with Crippen molar-refractivity contribution >= 4 is 38.4 Å². The normalized spacial score (nSPS) is 22.4.